The van der Waals surface area contributed by atoms with E-state index in [1.165, 1.54) is 18.9 Å². The van der Waals surface area contributed by atoms with Gasteiger partial charge in [-0.3, -0.25) is 4.79 Å². The summed E-state index contributed by atoms with van der Waals surface area (Å²) in [7, 11) is -1.61. The van der Waals surface area contributed by atoms with Crippen molar-refractivity contribution in [3.63, 3.8) is 0 Å². The van der Waals surface area contributed by atoms with Gasteiger partial charge in [0.15, 0.2) is 15.0 Å². The Labute approximate surface area is 161 Å². The number of rotatable bonds is 6. The first kappa shape index (κ1) is 19.7. The van der Waals surface area contributed by atoms with Crippen LogP contribution in [0.5, 0.6) is 5.75 Å². The van der Waals surface area contributed by atoms with Crippen LogP contribution in [0, 0.1) is 0 Å². The number of aliphatic carboxylic acids is 1. The second-order valence-corrected chi connectivity index (χ2v) is 9.75. The number of amides is 1. The molecule has 2 atom stereocenters. The maximum absolute atomic E-state index is 12.1. The minimum Gasteiger partial charge on any atom is -0.550 e. The van der Waals surface area contributed by atoms with Gasteiger partial charge in [0.1, 0.15) is 5.75 Å². The van der Waals surface area contributed by atoms with E-state index < -0.39 is 21.7 Å². The number of ether oxygens (including phenoxy) is 1. The van der Waals surface area contributed by atoms with Crippen LogP contribution in [0.15, 0.2) is 29.3 Å². The monoisotopic (exact) mass is 411 g/mol. The molecule has 0 unspecified atom stereocenters. The molecule has 1 aromatic rings. The molecular weight excluding hydrogens is 392 g/mol. The number of carboxylic acids is 1. The maximum atomic E-state index is 12.1. The predicted octanol–water partition coefficient (Wildman–Crippen LogP) is 0.217. The summed E-state index contributed by atoms with van der Waals surface area (Å²) in [6.45, 7) is 0. The van der Waals surface area contributed by atoms with Crippen LogP contribution in [-0.2, 0) is 19.4 Å². The Bertz CT molecular complexity index is 883. The largest absolute Gasteiger partial charge is 0.550 e. The molecular formula is C17H19N2O6S2-. The fourth-order valence-electron chi connectivity index (χ4n) is 3.17. The smallest absolute Gasteiger partial charge is 0.248 e. The molecule has 27 heavy (non-hydrogen) atoms. The molecule has 0 bridgehead atoms. The van der Waals surface area contributed by atoms with Gasteiger partial charge in [-0.1, -0.05) is 17.8 Å². The van der Waals surface area contributed by atoms with Crippen molar-refractivity contribution in [2.75, 3.05) is 23.5 Å². The molecule has 0 aliphatic carbocycles. The molecule has 2 heterocycles. The molecule has 2 aliphatic rings. The van der Waals surface area contributed by atoms with Crippen molar-refractivity contribution in [3.8, 4) is 5.75 Å². The molecule has 2 saturated heterocycles. The Morgan fingerprint density at radius 1 is 1.33 bits per heavy atom. The Hall–Kier alpha value is -2.07. The fraction of sp³-hybridized carbons (Fsp3) is 0.471. The predicted molar refractivity (Wildman–Crippen MR) is 101 cm³/mol. The number of carbonyl (C=O) groups is 2. The molecule has 2 aliphatic heterocycles. The van der Waals surface area contributed by atoms with Gasteiger partial charge >= 0.3 is 0 Å². The topological polar surface area (TPSA) is 116 Å². The Morgan fingerprint density at radius 2 is 2.11 bits per heavy atom. The van der Waals surface area contributed by atoms with Gasteiger partial charge in [0.05, 0.1) is 24.7 Å². The lowest BCUT2D eigenvalue weighted by Gasteiger charge is -2.24. The highest BCUT2D eigenvalue weighted by Gasteiger charge is 2.49. The van der Waals surface area contributed by atoms with Gasteiger partial charge in [0.2, 0.25) is 5.91 Å². The minimum atomic E-state index is -3.14. The molecule has 0 aromatic heterocycles. The fourth-order valence-corrected chi connectivity index (χ4v) is 7.10. The van der Waals surface area contributed by atoms with Crippen molar-refractivity contribution in [3.05, 3.63) is 24.3 Å². The second-order valence-electron chi connectivity index (χ2n) is 6.39. The van der Waals surface area contributed by atoms with E-state index in [0.29, 0.717) is 16.6 Å². The molecule has 146 valence electrons. The number of carboxylic acid groups (broad SMARTS) is 1. The third-order valence-corrected chi connectivity index (χ3v) is 7.60. The number of amidine groups is 1. The summed E-state index contributed by atoms with van der Waals surface area (Å²) in [5.41, 5.74) is 0.702. The summed E-state index contributed by atoms with van der Waals surface area (Å²) in [5, 5.41) is 10.7. The number of sulfone groups is 1. The number of benzene rings is 1. The molecule has 8 nitrogen and oxygen atoms in total. The normalized spacial score (nSPS) is 24.8. The lowest BCUT2D eigenvalue weighted by atomic mass is 10.2. The molecule has 0 radical (unpaired) electrons. The van der Waals surface area contributed by atoms with Crippen LogP contribution in [0.3, 0.4) is 0 Å². The summed E-state index contributed by atoms with van der Waals surface area (Å²) >= 11 is 1.27. The summed E-state index contributed by atoms with van der Waals surface area (Å²) in [6.07, 6.45) is -0.0482. The Balaban J connectivity index is 1.87. The standard InChI is InChI=1S/C17H20N2O6S2/c1-25-12-5-2-4-11(8-12)19-13-9-27(23,24)10-14(13)26-17(19)18-15(20)6-3-7-16(21)22/h2,4-5,8,13-14H,3,6-7,9-10H2,1H3,(H,21,22)/p-1/t13-,14-/m0/s1. The van der Waals surface area contributed by atoms with Gasteiger partial charge in [-0.05, 0) is 25.0 Å². The quantitative estimate of drug-likeness (QED) is 0.653. The summed E-state index contributed by atoms with van der Waals surface area (Å²) in [6, 6.07) is 6.84. The third-order valence-electron chi connectivity index (χ3n) is 4.39. The van der Waals surface area contributed by atoms with E-state index in [4.69, 9.17) is 4.74 Å². The van der Waals surface area contributed by atoms with E-state index in [2.05, 4.69) is 4.99 Å². The highest BCUT2D eigenvalue weighted by Crippen LogP contribution is 2.41. The average Bonchev–Trinajstić information content (AvgIpc) is 3.05. The molecule has 0 saturated carbocycles. The zero-order chi connectivity index (χ0) is 19.6. The minimum absolute atomic E-state index is 0.000228. The molecule has 1 amide bonds. The SMILES string of the molecule is COc1cccc(N2C(=NC(=O)CCCC(=O)[O-])S[C@H]3CS(=O)(=O)C[C@@H]32)c1. The maximum Gasteiger partial charge on any atom is 0.248 e. The van der Waals surface area contributed by atoms with Crippen molar-refractivity contribution in [2.45, 2.75) is 30.6 Å². The zero-order valence-corrected chi connectivity index (χ0v) is 16.3. The van der Waals surface area contributed by atoms with Gasteiger partial charge in [0, 0.05) is 29.4 Å². The van der Waals surface area contributed by atoms with Crippen molar-refractivity contribution in [2.24, 2.45) is 4.99 Å². The first-order valence-corrected chi connectivity index (χ1v) is 11.1. The van der Waals surface area contributed by atoms with Gasteiger partial charge in [-0.15, -0.1) is 0 Å². The molecule has 0 spiro atoms. The number of fused-ring (bicyclic) bond motifs is 1. The van der Waals surface area contributed by atoms with Crippen LogP contribution in [0.25, 0.3) is 0 Å². The number of thioether (sulfide) groups is 1. The number of hydrogen-bond donors (Lipinski definition) is 0. The Morgan fingerprint density at radius 3 is 2.81 bits per heavy atom. The summed E-state index contributed by atoms with van der Waals surface area (Å²) in [4.78, 5) is 28.5. The summed E-state index contributed by atoms with van der Waals surface area (Å²) < 4.78 is 29.3. The zero-order valence-electron chi connectivity index (χ0n) is 14.7. The van der Waals surface area contributed by atoms with Crippen LogP contribution >= 0.6 is 11.8 Å². The van der Waals surface area contributed by atoms with Crippen LogP contribution in [0.2, 0.25) is 0 Å². The van der Waals surface area contributed by atoms with Crippen molar-refractivity contribution < 1.29 is 27.9 Å². The third kappa shape index (κ3) is 4.62. The van der Waals surface area contributed by atoms with Gasteiger partial charge in [-0.25, -0.2) is 8.42 Å². The van der Waals surface area contributed by atoms with E-state index in [1.807, 2.05) is 6.07 Å². The van der Waals surface area contributed by atoms with E-state index in [1.54, 1.807) is 23.1 Å². The second kappa shape index (κ2) is 7.89. The van der Waals surface area contributed by atoms with Gasteiger partial charge in [-0.2, -0.15) is 4.99 Å². The van der Waals surface area contributed by atoms with E-state index in [-0.39, 0.29) is 42.1 Å². The number of anilines is 1. The molecule has 0 N–H and O–H groups in total. The Kier molecular flexibility index (Phi) is 5.75. The lowest BCUT2D eigenvalue weighted by Crippen LogP contribution is -2.37. The number of aliphatic imine (C=N–C) groups is 1. The number of carbonyl (C=O) groups excluding carboxylic acids is 2. The molecule has 10 heteroatoms. The average molecular weight is 411 g/mol. The first-order valence-electron chi connectivity index (χ1n) is 8.41. The number of hydrogen-bond acceptors (Lipinski definition) is 7. The van der Waals surface area contributed by atoms with Gasteiger partial charge in [0.25, 0.3) is 0 Å². The van der Waals surface area contributed by atoms with Crippen molar-refractivity contribution >= 4 is 44.3 Å². The van der Waals surface area contributed by atoms with Gasteiger partial charge < -0.3 is 19.5 Å². The number of methoxy groups -OCH3 is 1. The lowest BCUT2D eigenvalue weighted by molar-refractivity contribution is -0.305. The number of nitrogens with zero attached hydrogens (tertiary/aromatic N) is 2. The molecule has 1 aromatic carbocycles. The highest BCUT2D eigenvalue weighted by atomic mass is 32.2. The molecule has 3 rings (SSSR count). The summed E-state index contributed by atoms with van der Waals surface area (Å²) in [5.74, 6) is -0.986. The van der Waals surface area contributed by atoms with Crippen LogP contribution < -0.4 is 14.7 Å². The van der Waals surface area contributed by atoms with E-state index >= 15 is 0 Å². The van der Waals surface area contributed by atoms with E-state index in [0.717, 1.165) is 0 Å². The van der Waals surface area contributed by atoms with Crippen LogP contribution in [-0.4, -0.2) is 55.4 Å². The highest BCUT2D eigenvalue weighted by molar-refractivity contribution is 8.16. The van der Waals surface area contributed by atoms with Crippen LogP contribution in [0.1, 0.15) is 19.3 Å². The van der Waals surface area contributed by atoms with Crippen molar-refractivity contribution in [1.82, 2.24) is 0 Å². The van der Waals surface area contributed by atoms with Crippen LogP contribution in [0.4, 0.5) is 5.69 Å². The van der Waals surface area contributed by atoms with E-state index in [9.17, 15) is 23.1 Å². The molecule has 2 fully saturated rings. The first-order chi connectivity index (χ1) is 12.8. The van der Waals surface area contributed by atoms with Crippen molar-refractivity contribution in [1.29, 1.82) is 0 Å².